The maximum atomic E-state index is 14.8. The largest absolute Gasteiger partial charge is 0.394 e. The number of fused-ring (bicyclic) bond motifs is 5. The summed E-state index contributed by atoms with van der Waals surface area (Å²) in [5.74, 6) is 0.229. The Labute approximate surface area is 273 Å². The number of carbonyl (C=O) groups excluding carboxylic acids is 1. The van der Waals surface area contributed by atoms with Gasteiger partial charge in [-0.05, 0) is 87.9 Å². The number of rotatable bonds is 5. The summed E-state index contributed by atoms with van der Waals surface area (Å²) in [4.78, 5) is 14.8. The SMILES string of the molecule is CC(C)(O)C1CCC(C)(C2CCC3(C)C4CC=C5C(C[C@H](O[C@@H]6O[C@H](CO)[C@@H](O)[C@H](O)[C@H]6O)[C@@H](O)C5(C)C)C4(C)C(=O)CC23C)O1. The quantitative estimate of drug-likeness (QED) is 0.244. The Balaban J connectivity index is 1.31. The van der Waals surface area contributed by atoms with E-state index in [-0.39, 0.29) is 40.5 Å². The van der Waals surface area contributed by atoms with Gasteiger partial charge >= 0.3 is 0 Å². The number of Topliss-reactive ketones (excluding diaryl/α,β-unsaturated/α-hetero) is 1. The second-order valence-electron chi connectivity index (χ2n) is 17.7. The minimum absolute atomic E-state index is 0.0547. The summed E-state index contributed by atoms with van der Waals surface area (Å²) < 4.78 is 18.6. The zero-order chi connectivity index (χ0) is 34.0. The minimum Gasteiger partial charge on any atom is -0.394 e. The highest BCUT2D eigenvalue weighted by Crippen LogP contribution is 2.75. The third kappa shape index (κ3) is 4.72. The van der Waals surface area contributed by atoms with Crippen molar-refractivity contribution in [2.45, 2.75) is 161 Å². The van der Waals surface area contributed by atoms with Gasteiger partial charge in [-0.15, -0.1) is 0 Å². The Morgan fingerprint density at radius 1 is 0.935 bits per heavy atom. The van der Waals surface area contributed by atoms with E-state index in [1.165, 1.54) is 0 Å². The van der Waals surface area contributed by atoms with Gasteiger partial charge < -0.3 is 44.8 Å². The van der Waals surface area contributed by atoms with Crippen LogP contribution in [0.1, 0.15) is 100 Å². The van der Waals surface area contributed by atoms with Gasteiger partial charge in [-0.2, -0.15) is 0 Å². The first-order chi connectivity index (χ1) is 21.2. The molecule has 10 heteroatoms. The van der Waals surface area contributed by atoms with Gasteiger partial charge in [0.15, 0.2) is 6.29 Å². The average molecular weight is 651 g/mol. The Hall–Kier alpha value is -0.950. The van der Waals surface area contributed by atoms with Crippen molar-refractivity contribution in [2.75, 3.05) is 6.61 Å². The van der Waals surface area contributed by atoms with Crippen LogP contribution in [0.4, 0.5) is 0 Å². The van der Waals surface area contributed by atoms with E-state index in [2.05, 4.69) is 33.8 Å². The molecule has 3 saturated carbocycles. The number of ketones is 1. The molecule has 6 rings (SSSR count). The molecular formula is C36H58O10. The Bertz CT molecular complexity index is 1240. The fourth-order valence-corrected chi connectivity index (χ4v) is 11.5. The molecule has 0 aromatic heterocycles. The van der Waals surface area contributed by atoms with Gasteiger partial charge in [-0.25, -0.2) is 0 Å². The number of aliphatic hydroxyl groups is 6. The number of carbonyl (C=O) groups is 1. The summed E-state index contributed by atoms with van der Waals surface area (Å²) in [6.07, 6.45) is -1.90. The molecule has 0 aromatic rings. The first-order valence-corrected chi connectivity index (χ1v) is 17.4. The second-order valence-corrected chi connectivity index (χ2v) is 17.7. The lowest BCUT2D eigenvalue weighted by atomic mass is 9.38. The van der Waals surface area contributed by atoms with Crippen LogP contribution in [0, 0.1) is 39.4 Å². The van der Waals surface area contributed by atoms with Crippen molar-refractivity contribution in [3.63, 3.8) is 0 Å². The molecule has 8 unspecified atom stereocenters. The first kappa shape index (κ1) is 34.9. The normalized spacial score (nSPS) is 53.7. The number of allylic oxidation sites excluding steroid dienone is 1. The molecular weight excluding hydrogens is 592 g/mol. The summed E-state index contributed by atoms with van der Waals surface area (Å²) in [6, 6.07) is 0. The molecule has 2 saturated heterocycles. The van der Waals surface area contributed by atoms with Crippen molar-refractivity contribution in [1.29, 1.82) is 0 Å². The zero-order valence-electron chi connectivity index (χ0n) is 28.9. The van der Waals surface area contributed by atoms with Gasteiger partial charge in [0.2, 0.25) is 0 Å². The molecule has 4 aliphatic carbocycles. The number of hydrogen-bond donors (Lipinski definition) is 6. The maximum Gasteiger partial charge on any atom is 0.187 e. The maximum absolute atomic E-state index is 14.8. The lowest BCUT2D eigenvalue weighted by Gasteiger charge is -2.65. The average Bonchev–Trinajstić information content (AvgIpc) is 3.50. The van der Waals surface area contributed by atoms with Gasteiger partial charge in [-0.3, -0.25) is 4.79 Å². The van der Waals surface area contributed by atoms with Crippen molar-refractivity contribution in [2.24, 2.45) is 39.4 Å². The van der Waals surface area contributed by atoms with E-state index >= 15 is 0 Å². The van der Waals surface area contributed by atoms with Crippen LogP contribution in [0.25, 0.3) is 0 Å². The molecule has 0 amide bonds. The Kier molecular flexibility index (Phi) is 8.36. The highest BCUT2D eigenvalue weighted by atomic mass is 16.7. The smallest absolute Gasteiger partial charge is 0.187 e. The van der Waals surface area contributed by atoms with Crippen LogP contribution in [-0.2, 0) is 19.0 Å². The Morgan fingerprint density at radius 2 is 1.61 bits per heavy atom. The molecule has 6 N–H and O–H groups in total. The van der Waals surface area contributed by atoms with Crippen molar-refractivity contribution in [3.8, 4) is 0 Å². The van der Waals surface area contributed by atoms with Gasteiger partial charge in [0.25, 0.3) is 0 Å². The topological polar surface area (TPSA) is 166 Å². The highest BCUT2D eigenvalue weighted by Gasteiger charge is 2.73. The summed E-state index contributed by atoms with van der Waals surface area (Å²) in [6.45, 7) is 15.9. The zero-order valence-corrected chi connectivity index (χ0v) is 28.9. The second kappa shape index (κ2) is 11.0. The van der Waals surface area contributed by atoms with E-state index in [4.69, 9.17) is 14.2 Å². The van der Waals surface area contributed by atoms with E-state index < -0.39 is 71.6 Å². The van der Waals surface area contributed by atoms with E-state index in [9.17, 15) is 35.4 Å². The summed E-state index contributed by atoms with van der Waals surface area (Å²) in [5, 5.41) is 63.5. The lowest BCUT2D eigenvalue weighted by Crippen LogP contribution is -2.66. The van der Waals surface area contributed by atoms with Crippen LogP contribution in [-0.4, -0.2) is 103 Å². The number of hydrogen-bond acceptors (Lipinski definition) is 10. The molecule has 0 radical (unpaired) electrons. The molecule has 5 fully saturated rings. The molecule has 2 aliphatic heterocycles. The molecule has 15 atom stereocenters. The fourth-order valence-electron chi connectivity index (χ4n) is 11.5. The van der Waals surface area contributed by atoms with Crippen molar-refractivity contribution in [3.05, 3.63) is 11.6 Å². The van der Waals surface area contributed by atoms with Gasteiger partial charge in [0, 0.05) is 17.3 Å². The number of aliphatic hydroxyl groups excluding tert-OH is 5. The predicted molar refractivity (Wildman–Crippen MR) is 168 cm³/mol. The monoisotopic (exact) mass is 650 g/mol. The van der Waals surface area contributed by atoms with Crippen LogP contribution in [0.3, 0.4) is 0 Å². The minimum atomic E-state index is -1.59. The van der Waals surface area contributed by atoms with Crippen molar-refractivity contribution < 1.29 is 49.6 Å². The fraction of sp³-hybridized carbons (Fsp3) is 0.917. The third-order valence-corrected chi connectivity index (χ3v) is 14.6. The summed E-state index contributed by atoms with van der Waals surface area (Å²) >= 11 is 0. The molecule has 46 heavy (non-hydrogen) atoms. The molecule has 0 bridgehead atoms. The summed E-state index contributed by atoms with van der Waals surface area (Å²) in [5.41, 5.74) is -2.21. The lowest BCUT2D eigenvalue weighted by molar-refractivity contribution is -0.323. The van der Waals surface area contributed by atoms with Crippen LogP contribution in [0.15, 0.2) is 11.6 Å². The third-order valence-electron chi connectivity index (χ3n) is 14.6. The van der Waals surface area contributed by atoms with Gasteiger partial charge in [0.05, 0.1) is 36.1 Å². The molecule has 2 heterocycles. The van der Waals surface area contributed by atoms with E-state index in [1.54, 1.807) is 0 Å². The van der Waals surface area contributed by atoms with Crippen LogP contribution in [0.5, 0.6) is 0 Å². The van der Waals surface area contributed by atoms with Crippen LogP contribution >= 0.6 is 0 Å². The van der Waals surface area contributed by atoms with Gasteiger partial charge in [0.1, 0.15) is 30.2 Å². The van der Waals surface area contributed by atoms with E-state index in [1.807, 2.05) is 27.7 Å². The van der Waals surface area contributed by atoms with Crippen molar-refractivity contribution >= 4 is 5.78 Å². The summed E-state index contributed by atoms with van der Waals surface area (Å²) in [7, 11) is 0. The molecule has 6 aliphatic rings. The standard InChI is InChI=1S/C36H58O10/c1-31(2)18-9-10-23-33(5)13-11-22(35(7)14-12-25(46-35)32(3,4)43)34(33,6)16-24(38)36(23,8)19(18)15-20(29(31)42)44-30-28(41)27(40)26(39)21(17-37)45-30/h9,19-23,25-30,37,39-43H,10-17H2,1-8H3/t19?,20-,21+,22?,23?,25?,26+,27-,28+,29+,30+,33?,34?,35?,36?/m0/s1. The molecule has 0 aromatic carbocycles. The van der Waals surface area contributed by atoms with Gasteiger partial charge in [-0.1, -0.05) is 46.3 Å². The molecule has 10 nitrogen and oxygen atoms in total. The van der Waals surface area contributed by atoms with Crippen molar-refractivity contribution in [1.82, 2.24) is 0 Å². The van der Waals surface area contributed by atoms with Crippen LogP contribution < -0.4 is 0 Å². The molecule has 0 spiro atoms. The Morgan fingerprint density at radius 3 is 2.22 bits per heavy atom. The van der Waals surface area contributed by atoms with Crippen LogP contribution in [0.2, 0.25) is 0 Å². The van der Waals surface area contributed by atoms with E-state index in [0.717, 1.165) is 37.7 Å². The number of ether oxygens (including phenoxy) is 3. The molecule has 262 valence electrons. The first-order valence-electron chi connectivity index (χ1n) is 17.4. The van der Waals surface area contributed by atoms with E-state index in [0.29, 0.717) is 12.8 Å². The predicted octanol–water partition coefficient (Wildman–Crippen LogP) is 2.64. The highest BCUT2D eigenvalue weighted by molar-refractivity contribution is 5.88.